The Labute approximate surface area is 160 Å². The molecule has 27 heavy (non-hydrogen) atoms. The molecule has 1 N–H and O–H groups in total. The van der Waals surface area contributed by atoms with E-state index in [0.29, 0.717) is 24.7 Å². The molecule has 0 fully saturated rings. The topological polar surface area (TPSA) is 56.8 Å². The molecule has 2 aromatic carbocycles. The molecule has 0 aromatic heterocycles. The summed E-state index contributed by atoms with van der Waals surface area (Å²) >= 11 is 0. The summed E-state index contributed by atoms with van der Waals surface area (Å²) in [5, 5.41) is 2.87. The first-order chi connectivity index (χ1) is 12.8. The summed E-state index contributed by atoms with van der Waals surface area (Å²) in [5.41, 5.74) is 1.31. The first kappa shape index (κ1) is 19.1. The van der Waals surface area contributed by atoms with Crippen molar-refractivity contribution in [2.75, 3.05) is 13.2 Å². The van der Waals surface area contributed by atoms with Crippen molar-refractivity contribution in [3.8, 4) is 17.2 Å². The number of nitrogens with one attached hydrogen (secondary N) is 1. The van der Waals surface area contributed by atoms with E-state index in [1.807, 2.05) is 48.5 Å². The second kappa shape index (κ2) is 7.91. The van der Waals surface area contributed by atoms with Gasteiger partial charge < -0.3 is 19.5 Å². The highest BCUT2D eigenvalue weighted by molar-refractivity contribution is 5.80. The summed E-state index contributed by atoms with van der Waals surface area (Å²) in [7, 11) is 0. The van der Waals surface area contributed by atoms with Crippen LogP contribution in [-0.4, -0.2) is 31.3 Å². The number of fused-ring (bicyclic) bond motifs is 1. The zero-order chi connectivity index (χ0) is 19.4. The molecule has 0 radical (unpaired) electrons. The molecule has 3 rings (SSSR count). The molecule has 2 aromatic rings. The molecule has 1 aliphatic rings. The van der Waals surface area contributed by atoms with E-state index in [9.17, 15) is 4.79 Å². The van der Waals surface area contributed by atoms with E-state index in [1.54, 1.807) is 6.92 Å². The third-order valence-corrected chi connectivity index (χ3v) is 4.47. The highest BCUT2D eigenvalue weighted by Crippen LogP contribution is 2.30. The van der Waals surface area contributed by atoms with Crippen molar-refractivity contribution < 1.29 is 19.0 Å². The highest BCUT2D eigenvalue weighted by atomic mass is 16.6. The molecule has 0 unspecified atom stereocenters. The molecule has 5 heteroatoms. The third-order valence-electron chi connectivity index (χ3n) is 4.47. The third kappa shape index (κ3) is 4.94. The first-order valence-corrected chi connectivity index (χ1v) is 9.26. The van der Waals surface area contributed by atoms with Gasteiger partial charge in [0.1, 0.15) is 18.5 Å². The van der Waals surface area contributed by atoms with Crippen LogP contribution in [0.1, 0.15) is 33.3 Å². The predicted octanol–water partition coefficient (Wildman–Crippen LogP) is 3.71. The van der Waals surface area contributed by atoms with Crippen LogP contribution in [-0.2, 0) is 10.2 Å². The maximum absolute atomic E-state index is 12.3. The minimum absolute atomic E-state index is 0.0855. The second-order valence-corrected chi connectivity index (χ2v) is 7.78. The Morgan fingerprint density at radius 2 is 1.81 bits per heavy atom. The lowest BCUT2D eigenvalue weighted by molar-refractivity contribution is -0.127. The highest BCUT2D eigenvalue weighted by Gasteiger charge is 2.23. The van der Waals surface area contributed by atoms with E-state index >= 15 is 0 Å². The van der Waals surface area contributed by atoms with Gasteiger partial charge >= 0.3 is 0 Å². The summed E-state index contributed by atoms with van der Waals surface area (Å²) in [6, 6.07) is 15.4. The fourth-order valence-corrected chi connectivity index (χ4v) is 2.81. The van der Waals surface area contributed by atoms with Crippen LogP contribution >= 0.6 is 0 Å². The summed E-state index contributed by atoms with van der Waals surface area (Å²) in [6.07, 6.45) is -0.815. The number of carbonyl (C=O) groups is 1. The molecule has 0 spiro atoms. The van der Waals surface area contributed by atoms with Gasteiger partial charge in [-0.2, -0.15) is 0 Å². The van der Waals surface area contributed by atoms with Gasteiger partial charge in [0, 0.05) is 0 Å². The van der Waals surface area contributed by atoms with Crippen molar-refractivity contribution >= 4 is 5.91 Å². The number of ether oxygens (including phenoxy) is 3. The van der Waals surface area contributed by atoms with Crippen molar-refractivity contribution in [1.82, 2.24) is 5.32 Å². The number of carbonyl (C=O) groups excluding carboxylic acids is 1. The molecule has 1 aliphatic heterocycles. The molecular weight excluding hydrogens is 342 g/mol. The van der Waals surface area contributed by atoms with Crippen LogP contribution in [0.4, 0.5) is 0 Å². The fourth-order valence-electron chi connectivity index (χ4n) is 2.81. The zero-order valence-corrected chi connectivity index (χ0v) is 16.3. The Morgan fingerprint density at radius 1 is 1.15 bits per heavy atom. The number of rotatable bonds is 5. The smallest absolute Gasteiger partial charge is 0.260 e. The van der Waals surface area contributed by atoms with Gasteiger partial charge in [-0.1, -0.05) is 45.0 Å². The van der Waals surface area contributed by atoms with Gasteiger partial charge in [-0.05, 0) is 42.2 Å². The van der Waals surface area contributed by atoms with E-state index in [1.165, 1.54) is 5.56 Å². The molecule has 5 nitrogen and oxygen atoms in total. The normalized spacial score (nSPS) is 17.1. The lowest BCUT2D eigenvalue weighted by atomic mass is 9.87. The van der Waals surface area contributed by atoms with E-state index < -0.39 is 6.10 Å². The van der Waals surface area contributed by atoms with Crippen LogP contribution in [0.15, 0.2) is 48.5 Å². The van der Waals surface area contributed by atoms with E-state index in [0.717, 1.165) is 5.75 Å². The van der Waals surface area contributed by atoms with Gasteiger partial charge in [-0.15, -0.1) is 0 Å². The van der Waals surface area contributed by atoms with Crippen molar-refractivity contribution in [1.29, 1.82) is 0 Å². The Bertz CT molecular complexity index is 780. The predicted molar refractivity (Wildman–Crippen MR) is 105 cm³/mol. The molecule has 2 atom stereocenters. The lowest BCUT2D eigenvalue weighted by Gasteiger charge is -2.27. The monoisotopic (exact) mass is 369 g/mol. The lowest BCUT2D eigenvalue weighted by Crippen LogP contribution is -2.44. The van der Waals surface area contributed by atoms with Crippen LogP contribution in [0.5, 0.6) is 17.2 Å². The summed E-state index contributed by atoms with van der Waals surface area (Å²) in [4.78, 5) is 12.3. The van der Waals surface area contributed by atoms with E-state index in [-0.39, 0.29) is 17.4 Å². The quantitative estimate of drug-likeness (QED) is 0.873. The minimum atomic E-state index is -0.595. The Balaban J connectivity index is 1.48. The maximum atomic E-state index is 12.3. The number of amides is 1. The standard InChI is InChI=1S/C22H27NO4/c1-15(26-17-11-9-16(10-12-17)22(2,3)4)21(24)23-13-18-14-25-19-7-5-6-8-20(19)27-18/h5-12,15,18H,13-14H2,1-4H3,(H,23,24)/t15-,18+/m1/s1. The molecule has 1 heterocycles. The first-order valence-electron chi connectivity index (χ1n) is 9.26. The Kier molecular flexibility index (Phi) is 5.59. The van der Waals surface area contributed by atoms with Crippen LogP contribution in [0, 0.1) is 0 Å². The van der Waals surface area contributed by atoms with Gasteiger partial charge in [0.25, 0.3) is 5.91 Å². The van der Waals surface area contributed by atoms with Gasteiger partial charge in [0.15, 0.2) is 17.6 Å². The van der Waals surface area contributed by atoms with Gasteiger partial charge in [-0.3, -0.25) is 4.79 Å². The van der Waals surface area contributed by atoms with Crippen LogP contribution in [0.2, 0.25) is 0 Å². The molecule has 0 saturated carbocycles. The summed E-state index contributed by atoms with van der Waals surface area (Å²) in [5.74, 6) is 1.93. The number of hydrogen-bond donors (Lipinski definition) is 1. The van der Waals surface area contributed by atoms with Crippen molar-refractivity contribution in [3.05, 3.63) is 54.1 Å². The number of hydrogen-bond acceptors (Lipinski definition) is 4. The van der Waals surface area contributed by atoms with Crippen LogP contribution in [0.3, 0.4) is 0 Å². The SMILES string of the molecule is C[C@@H](Oc1ccc(C(C)(C)C)cc1)C(=O)NC[C@H]1COc2ccccc2O1. The average Bonchev–Trinajstić information content (AvgIpc) is 2.65. The minimum Gasteiger partial charge on any atom is -0.486 e. The second-order valence-electron chi connectivity index (χ2n) is 7.78. The van der Waals surface area contributed by atoms with Crippen LogP contribution < -0.4 is 19.5 Å². The maximum Gasteiger partial charge on any atom is 0.260 e. The molecule has 1 amide bonds. The summed E-state index contributed by atoms with van der Waals surface area (Å²) < 4.78 is 17.3. The van der Waals surface area contributed by atoms with Gasteiger partial charge in [-0.25, -0.2) is 0 Å². The average molecular weight is 369 g/mol. The van der Waals surface area contributed by atoms with Gasteiger partial charge in [0.05, 0.1) is 6.54 Å². The molecular formula is C22H27NO4. The zero-order valence-electron chi connectivity index (χ0n) is 16.3. The van der Waals surface area contributed by atoms with Crippen molar-refractivity contribution in [2.24, 2.45) is 0 Å². The van der Waals surface area contributed by atoms with E-state index in [4.69, 9.17) is 14.2 Å². The Hall–Kier alpha value is -2.69. The Morgan fingerprint density at radius 3 is 2.48 bits per heavy atom. The molecule has 0 bridgehead atoms. The van der Waals surface area contributed by atoms with Crippen molar-refractivity contribution in [2.45, 2.75) is 45.3 Å². The molecule has 144 valence electrons. The molecule has 0 aliphatic carbocycles. The van der Waals surface area contributed by atoms with Gasteiger partial charge in [0.2, 0.25) is 0 Å². The molecule has 0 saturated heterocycles. The largest absolute Gasteiger partial charge is 0.486 e. The fraction of sp³-hybridized carbons (Fsp3) is 0.409. The van der Waals surface area contributed by atoms with E-state index in [2.05, 4.69) is 26.1 Å². The summed E-state index contributed by atoms with van der Waals surface area (Å²) in [6.45, 7) is 8.99. The van der Waals surface area contributed by atoms with Crippen LogP contribution in [0.25, 0.3) is 0 Å². The number of benzene rings is 2. The van der Waals surface area contributed by atoms with Crippen molar-refractivity contribution in [3.63, 3.8) is 0 Å². The number of para-hydroxylation sites is 2.